The molecule has 1 aliphatic heterocycles. The molecule has 0 spiro atoms. The molecular formula is C19H28FN3O2. The van der Waals surface area contributed by atoms with Crippen molar-refractivity contribution in [2.24, 2.45) is 0 Å². The van der Waals surface area contributed by atoms with E-state index < -0.39 is 0 Å². The van der Waals surface area contributed by atoms with E-state index in [0.29, 0.717) is 31.3 Å². The molecule has 0 amide bonds. The summed E-state index contributed by atoms with van der Waals surface area (Å²) in [5.41, 5.74) is 2.19. The van der Waals surface area contributed by atoms with E-state index in [1.807, 2.05) is 6.92 Å². The highest BCUT2D eigenvalue weighted by atomic mass is 19.1. The molecule has 1 heterocycles. The second-order valence-electron chi connectivity index (χ2n) is 6.29. The lowest BCUT2D eigenvalue weighted by molar-refractivity contribution is 0.0148. The van der Waals surface area contributed by atoms with Crippen LogP contribution in [0.4, 0.5) is 4.39 Å². The van der Waals surface area contributed by atoms with E-state index in [9.17, 15) is 4.39 Å². The van der Waals surface area contributed by atoms with Crippen LogP contribution in [0, 0.1) is 18.2 Å². The van der Waals surface area contributed by atoms with Gasteiger partial charge < -0.3 is 25.5 Å². The van der Waals surface area contributed by atoms with Crippen LogP contribution in [0.3, 0.4) is 0 Å². The van der Waals surface area contributed by atoms with Crippen molar-refractivity contribution in [3.8, 4) is 0 Å². The average molecular weight is 349 g/mol. The van der Waals surface area contributed by atoms with E-state index in [0.717, 1.165) is 30.6 Å². The zero-order valence-electron chi connectivity index (χ0n) is 15.0. The molecule has 5 nitrogen and oxygen atoms in total. The molecule has 1 saturated heterocycles. The molecule has 0 saturated carbocycles. The highest BCUT2D eigenvalue weighted by Crippen LogP contribution is 2.14. The predicted molar refractivity (Wildman–Crippen MR) is 97.3 cm³/mol. The van der Waals surface area contributed by atoms with Gasteiger partial charge in [0.1, 0.15) is 12.4 Å². The van der Waals surface area contributed by atoms with Crippen molar-refractivity contribution < 1.29 is 13.9 Å². The van der Waals surface area contributed by atoms with Crippen molar-refractivity contribution in [3.05, 3.63) is 47.1 Å². The molecular weight excluding hydrogens is 321 g/mol. The van der Waals surface area contributed by atoms with E-state index in [1.54, 1.807) is 19.2 Å². The highest BCUT2D eigenvalue weighted by molar-refractivity contribution is 5.94. The van der Waals surface area contributed by atoms with Crippen LogP contribution in [-0.4, -0.2) is 38.6 Å². The maximum absolute atomic E-state index is 13.2. The third kappa shape index (κ3) is 6.84. The second kappa shape index (κ2) is 10.2. The third-order valence-electron chi connectivity index (χ3n) is 4.14. The van der Waals surface area contributed by atoms with E-state index in [-0.39, 0.29) is 11.9 Å². The molecule has 25 heavy (non-hydrogen) atoms. The van der Waals surface area contributed by atoms with E-state index in [4.69, 9.17) is 14.9 Å². The number of aryl methyl sites for hydroxylation is 1. The summed E-state index contributed by atoms with van der Waals surface area (Å²) in [6, 6.07) is 4.65. The first-order valence-corrected chi connectivity index (χ1v) is 8.75. The van der Waals surface area contributed by atoms with Gasteiger partial charge in [-0.15, -0.1) is 0 Å². The fourth-order valence-electron chi connectivity index (χ4n) is 2.70. The molecule has 1 atom stereocenters. The first-order chi connectivity index (χ1) is 12.1. The zero-order chi connectivity index (χ0) is 18.1. The first-order valence-electron chi connectivity index (χ1n) is 8.75. The summed E-state index contributed by atoms with van der Waals surface area (Å²) >= 11 is 0. The van der Waals surface area contributed by atoms with Gasteiger partial charge in [-0.05, 0) is 56.5 Å². The van der Waals surface area contributed by atoms with Gasteiger partial charge >= 0.3 is 0 Å². The Morgan fingerprint density at radius 2 is 2.28 bits per heavy atom. The summed E-state index contributed by atoms with van der Waals surface area (Å²) in [5, 5.41) is 14.2. The highest BCUT2D eigenvalue weighted by Gasteiger charge is 2.14. The van der Waals surface area contributed by atoms with E-state index >= 15 is 0 Å². The number of halogens is 1. The largest absolute Gasteiger partial charge is 0.474 e. The smallest absolute Gasteiger partial charge is 0.188 e. The monoisotopic (exact) mass is 349 g/mol. The Morgan fingerprint density at radius 1 is 1.44 bits per heavy atom. The summed E-state index contributed by atoms with van der Waals surface area (Å²) in [4.78, 5) is 0. The molecule has 2 rings (SSSR count). The predicted octanol–water partition coefficient (Wildman–Crippen LogP) is 2.89. The quantitative estimate of drug-likeness (QED) is 0.474. The lowest BCUT2D eigenvalue weighted by Crippen LogP contribution is -2.32. The maximum Gasteiger partial charge on any atom is 0.188 e. The fraction of sp³-hybridized carbons (Fsp3) is 0.526. The second-order valence-corrected chi connectivity index (χ2v) is 6.29. The van der Waals surface area contributed by atoms with E-state index in [1.165, 1.54) is 18.6 Å². The van der Waals surface area contributed by atoms with Gasteiger partial charge in [-0.25, -0.2) is 4.39 Å². The van der Waals surface area contributed by atoms with Crippen LogP contribution in [-0.2, 0) is 16.1 Å². The molecule has 1 unspecified atom stereocenters. The minimum absolute atomic E-state index is 0.173. The van der Waals surface area contributed by atoms with Crippen molar-refractivity contribution in [1.82, 2.24) is 10.6 Å². The van der Waals surface area contributed by atoms with Crippen LogP contribution in [0.5, 0.6) is 0 Å². The molecule has 1 aliphatic rings. The van der Waals surface area contributed by atoms with Crippen LogP contribution in [0.2, 0.25) is 0 Å². The van der Waals surface area contributed by atoms with Gasteiger partial charge in [0.2, 0.25) is 0 Å². The van der Waals surface area contributed by atoms with Gasteiger partial charge in [0.25, 0.3) is 0 Å². The van der Waals surface area contributed by atoms with Crippen LogP contribution in [0.1, 0.15) is 30.4 Å². The maximum atomic E-state index is 13.2. The van der Waals surface area contributed by atoms with Crippen molar-refractivity contribution in [2.75, 3.05) is 26.7 Å². The van der Waals surface area contributed by atoms with Crippen LogP contribution in [0.15, 0.2) is 30.2 Å². The SMILES string of the molecule is CNCC(=N)/C=C(\NCC1CCCCO1)OCc1ccc(F)cc1C. The Hall–Kier alpha value is -1.92. The topological polar surface area (TPSA) is 66.4 Å². The summed E-state index contributed by atoms with van der Waals surface area (Å²) < 4.78 is 24.8. The molecule has 1 aromatic carbocycles. The molecule has 0 aromatic heterocycles. The van der Waals surface area contributed by atoms with Crippen LogP contribution >= 0.6 is 0 Å². The number of ether oxygens (including phenoxy) is 2. The van der Waals surface area contributed by atoms with Crippen LogP contribution in [0.25, 0.3) is 0 Å². The van der Waals surface area contributed by atoms with Gasteiger partial charge in [-0.2, -0.15) is 0 Å². The molecule has 6 heteroatoms. The minimum Gasteiger partial charge on any atom is -0.474 e. The molecule has 0 aliphatic carbocycles. The Labute approximate surface area is 149 Å². The van der Waals surface area contributed by atoms with Crippen molar-refractivity contribution in [3.63, 3.8) is 0 Å². The zero-order valence-corrected chi connectivity index (χ0v) is 15.0. The number of benzene rings is 1. The Balaban J connectivity index is 1.96. The Kier molecular flexibility index (Phi) is 7.88. The van der Waals surface area contributed by atoms with Gasteiger partial charge in [-0.1, -0.05) is 6.07 Å². The van der Waals surface area contributed by atoms with Gasteiger partial charge in [0, 0.05) is 25.8 Å². The molecule has 1 aromatic rings. The molecule has 0 radical (unpaired) electrons. The lowest BCUT2D eigenvalue weighted by atomic mass is 10.1. The molecule has 138 valence electrons. The van der Waals surface area contributed by atoms with E-state index in [2.05, 4.69) is 10.6 Å². The molecule has 1 fully saturated rings. The first kappa shape index (κ1) is 19.4. The van der Waals surface area contributed by atoms with Crippen molar-refractivity contribution >= 4 is 5.71 Å². The van der Waals surface area contributed by atoms with Crippen molar-refractivity contribution in [2.45, 2.75) is 38.9 Å². The molecule has 3 N–H and O–H groups in total. The third-order valence-corrected chi connectivity index (χ3v) is 4.14. The number of hydrogen-bond donors (Lipinski definition) is 3. The normalized spacial score (nSPS) is 18.0. The summed E-state index contributed by atoms with van der Waals surface area (Å²) in [6.07, 6.45) is 5.18. The lowest BCUT2D eigenvalue weighted by Gasteiger charge is -2.24. The van der Waals surface area contributed by atoms with Gasteiger partial charge in [-0.3, -0.25) is 0 Å². The summed E-state index contributed by atoms with van der Waals surface area (Å²) in [7, 11) is 1.80. The Bertz CT molecular complexity index is 598. The number of hydrogen-bond acceptors (Lipinski definition) is 5. The number of rotatable bonds is 9. The average Bonchev–Trinajstić information content (AvgIpc) is 2.59. The summed E-state index contributed by atoms with van der Waals surface area (Å²) in [6.45, 7) is 4.10. The number of nitrogens with one attached hydrogen (secondary N) is 3. The van der Waals surface area contributed by atoms with Gasteiger partial charge in [0.05, 0.1) is 11.8 Å². The molecule has 0 bridgehead atoms. The standard InChI is InChI=1S/C19H28FN3O2/c1-14-9-16(20)7-6-15(14)13-25-19(10-17(21)11-22-2)23-12-18-5-3-4-8-24-18/h6-7,9-10,18,21-23H,3-5,8,11-13H2,1-2H3/b19-10+,21-17?. The fourth-order valence-corrected chi connectivity index (χ4v) is 2.70. The van der Waals surface area contributed by atoms with Gasteiger partial charge in [0.15, 0.2) is 5.88 Å². The van der Waals surface area contributed by atoms with Crippen molar-refractivity contribution in [1.29, 1.82) is 5.41 Å². The summed E-state index contributed by atoms with van der Waals surface area (Å²) in [5.74, 6) is 0.290. The minimum atomic E-state index is -0.250. The van der Waals surface area contributed by atoms with Crippen LogP contribution < -0.4 is 10.6 Å². The Morgan fingerprint density at radius 3 is 2.96 bits per heavy atom.